The van der Waals surface area contributed by atoms with E-state index in [1.165, 1.54) is 18.2 Å². The molecule has 4 rings (SSSR count). The van der Waals surface area contributed by atoms with Crippen molar-refractivity contribution in [1.82, 2.24) is 15.4 Å². The van der Waals surface area contributed by atoms with Gasteiger partial charge in [-0.3, -0.25) is 4.79 Å². The number of rotatable bonds is 12. The summed E-state index contributed by atoms with van der Waals surface area (Å²) >= 11 is 12.0. The predicted octanol–water partition coefficient (Wildman–Crippen LogP) is 4.78. The van der Waals surface area contributed by atoms with E-state index in [1.807, 2.05) is 24.3 Å². The Labute approximate surface area is 239 Å². The van der Waals surface area contributed by atoms with Crippen LogP contribution in [0.25, 0.3) is 0 Å². The molecule has 1 amide bonds. The lowest BCUT2D eigenvalue weighted by Crippen LogP contribution is -2.36. The summed E-state index contributed by atoms with van der Waals surface area (Å²) in [5, 5.41) is 6.75. The molecule has 3 aromatic carbocycles. The fraction of sp³-hybridized carbons (Fsp3) is 0.321. The van der Waals surface area contributed by atoms with Crippen molar-refractivity contribution >= 4 is 39.1 Å². The molecule has 208 valence electrons. The monoisotopic (exact) mass is 591 g/mol. The number of sulfonamides is 1. The number of methoxy groups -OCH3 is 1. The van der Waals surface area contributed by atoms with Crippen LogP contribution in [0.1, 0.15) is 41.6 Å². The lowest BCUT2D eigenvalue weighted by molar-refractivity contribution is -0.122. The van der Waals surface area contributed by atoms with E-state index in [2.05, 4.69) is 15.4 Å². The summed E-state index contributed by atoms with van der Waals surface area (Å²) in [5.41, 5.74) is 2.62. The molecule has 0 saturated carbocycles. The minimum atomic E-state index is -4.00. The van der Waals surface area contributed by atoms with E-state index in [0.717, 1.165) is 23.4 Å². The lowest BCUT2D eigenvalue weighted by Gasteiger charge is -2.28. The molecule has 3 aromatic rings. The van der Waals surface area contributed by atoms with E-state index in [9.17, 15) is 13.2 Å². The van der Waals surface area contributed by atoms with Gasteiger partial charge in [-0.2, -0.15) is 0 Å². The Morgan fingerprint density at radius 3 is 2.62 bits per heavy atom. The van der Waals surface area contributed by atoms with Crippen LogP contribution in [0.2, 0.25) is 10.0 Å². The van der Waals surface area contributed by atoms with Gasteiger partial charge in [0.05, 0.1) is 40.2 Å². The second-order valence-corrected chi connectivity index (χ2v) is 11.7. The largest absolute Gasteiger partial charge is 0.493 e. The van der Waals surface area contributed by atoms with Gasteiger partial charge >= 0.3 is 0 Å². The predicted molar refractivity (Wildman–Crippen MR) is 152 cm³/mol. The Bertz CT molecular complexity index is 1390. The van der Waals surface area contributed by atoms with Gasteiger partial charge in [0.1, 0.15) is 5.75 Å². The number of benzene rings is 3. The zero-order valence-electron chi connectivity index (χ0n) is 21.5. The molecule has 11 heteroatoms. The Hall–Kier alpha value is -2.66. The number of carbonyl (C=O) groups is 1. The number of amides is 1. The average Bonchev–Trinajstić information content (AvgIpc) is 2.92. The first-order chi connectivity index (χ1) is 18.8. The molecule has 0 aliphatic carbocycles. The van der Waals surface area contributed by atoms with Crippen molar-refractivity contribution < 1.29 is 22.7 Å². The second-order valence-electron chi connectivity index (χ2n) is 9.16. The van der Waals surface area contributed by atoms with E-state index in [-0.39, 0.29) is 33.3 Å². The number of halogens is 2. The first-order valence-corrected chi connectivity index (χ1v) is 14.8. The van der Waals surface area contributed by atoms with Gasteiger partial charge < -0.3 is 20.1 Å². The first kappa shape index (κ1) is 29.3. The molecule has 8 nitrogen and oxygen atoms in total. The summed E-state index contributed by atoms with van der Waals surface area (Å²) < 4.78 is 40.0. The van der Waals surface area contributed by atoms with Gasteiger partial charge in [0.15, 0.2) is 0 Å². The summed E-state index contributed by atoms with van der Waals surface area (Å²) in [4.78, 5) is 13.2. The molecule has 0 fully saturated rings. The molecule has 39 heavy (non-hydrogen) atoms. The minimum absolute atomic E-state index is 0.0379. The fourth-order valence-corrected chi connectivity index (χ4v) is 5.96. The molecular weight excluding hydrogens is 561 g/mol. The highest BCUT2D eigenvalue weighted by atomic mass is 35.5. The van der Waals surface area contributed by atoms with Crippen LogP contribution in [0.4, 0.5) is 0 Å². The molecule has 3 N–H and O–H groups in total. The lowest BCUT2D eigenvalue weighted by atomic mass is 9.98. The third-order valence-corrected chi connectivity index (χ3v) is 8.56. The highest BCUT2D eigenvalue weighted by molar-refractivity contribution is 7.89. The summed E-state index contributed by atoms with van der Waals surface area (Å²) in [6.45, 7) is 2.51. The molecule has 1 aliphatic heterocycles. The number of nitrogens with one attached hydrogen (secondary N) is 3. The highest BCUT2D eigenvalue weighted by Crippen LogP contribution is 2.33. The molecule has 0 unspecified atom stereocenters. The zero-order valence-corrected chi connectivity index (χ0v) is 23.8. The van der Waals surface area contributed by atoms with Crippen molar-refractivity contribution in [2.24, 2.45) is 0 Å². The molecule has 1 heterocycles. The maximum Gasteiger partial charge on any atom is 0.241 e. The standard InChI is InChI=1S/C28H31Cl2N3O5S/c1-37-14-12-31-18-19-7-9-22-25(11-13-38-27(22)15-19)32-28(34)17-26(20-5-3-2-4-6-20)33-39(35,36)21-8-10-23(29)24(30)16-21/h2-10,15-16,25-26,31,33H,11-14,17-18H2,1H3,(H,32,34)/t25-,26-/m1/s1. The molecule has 0 radical (unpaired) electrons. The summed E-state index contributed by atoms with van der Waals surface area (Å²) in [5.74, 6) is 0.446. The molecule has 0 bridgehead atoms. The summed E-state index contributed by atoms with van der Waals surface area (Å²) in [6.07, 6.45) is 0.508. The third-order valence-electron chi connectivity index (χ3n) is 6.36. The molecule has 0 spiro atoms. The van der Waals surface area contributed by atoms with Crippen LogP contribution >= 0.6 is 23.2 Å². The van der Waals surface area contributed by atoms with Crippen molar-refractivity contribution in [3.8, 4) is 5.75 Å². The van der Waals surface area contributed by atoms with Crippen LogP contribution in [-0.4, -0.2) is 41.2 Å². The van der Waals surface area contributed by atoms with E-state index >= 15 is 0 Å². The van der Waals surface area contributed by atoms with Gasteiger partial charge in [-0.05, 0) is 35.4 Å². The van der Waals surface area contributed by atoms with Gasteiger partial charge in [-0.15, -0.1) is 0 Å². The van der Waals surface area contributed by atoms with E-state index in [0.29, 0.717) is 31.7 Å². The van der Waals surface area contributed by atoms with Crippen LogP contribution in [0, 0.1) is 0 Å². The number of hydrogen-bond donors (Lipinski definition) is 3. The number of carbonyl (C=O) groups excluding carboxylic acids is 1. The Balaban J connectivity index is 1.47. The summed E-state index contributed by atoms with van der Waals surface area (Å²) in [6, 6.07) is 18.0. The Morgan fingerprint density at radius 1 is 1.08 bits per heavy atom. The number of fused-ring (bicyclic) bond motifs is 1. The van der Waals surface area contributed by atoms with Gasteiger partial charge in [-0.1, -0.05) is 65.7 Å². The zero-order chi connectivity index (χ0) is 27.8. The number of ether oxygens (including phenoxy) is 2. The van der Waals surface area contributed by atoms with Crippen LogP contribution in [0.5, 0.6) is 5.75 Å². The molecule has 0 aromatic heterocycles. The maximum absolute atomic E-state index is 13.2. The van der Waals surface area contributed by atoms with E-state index in [4.69, 9.17) is 32.7 Å². The van der Waals surface area contributed by atoms with Crippen molar-refractivity contribution in [3.63, 3.8) is 0 Å². The van der Waals surface area contributed by atoms with Crippen LogP contribution in [0.3, 0.4) is 0 Å². The fourth-order valence-electron chi connectivity index (χ4n) is 4.35. The van der Waals surface area contributed by atoms with Crippen molar-refractivity contribution in [1.29, 1.82) is 0 Å². The Kier molecular flexibility index (Phi) is 10.2. The van der Waals surface area contributed by atoms with Gasteiger partial charge in [0.25, 0.3) is 0 Å². The van der Waals surface area contributed by atoms with E-state index < -0.39 is 16.1 Å². The Morgan fingerprint density at radius 2 is 1.87 bits per heavy atom. The smallest absolute Gasteiger partial charge is 0.241 e. The second kappa shape index (κ2) is 13.6. The molecular formula is C28H31Cl2N3O5S. The van der Waals surface area contributed by atoms with Crippen molar-refractivity contribution in [2.45, 2.75) is 36.4 Å². The van der Waals surface area contributed by atoms with Gasteiger partial charge in [-0.25, -0.2) is 13.1 Å². The van der Waals surface area contributed by atoms with Crippen molar-refractivity contribution in [3.05, 3.63) is 93.5 Å². The molecule has 0 saturated heterocycles. The third kappa shape index (κ3) is 7.94. The first-order valence-electron chi connectivity index (χ1n) is 12.5. The quantitative estimate of drug-likeness (QED) is 0.262. The normalized spacial score (nSPS) is 15.7. The van der Waals surface area contributed by atoms with Gasteiger partial charge in [0, 0.05) is 38.6 Å². The van der Waals surface area contributed by atoms with Crippen molar-refractivity contribution in [2.75, 3.05) is 26.9 Å². The minimum Gasteiger partial charge on any atom is -0.493 e. The maximum atomic E-state index is 13.2. The molecule has 1 aliphatic rings. The van der Waals surface area contributed by atoms with Crippen LogP contribution < -0.4 is 20.1 Å². The topological polar surface area (TPSA) is 106 Å². The van der Waals surface area contributed by atoms with Gasteiger partial charge in [0.2, 0.25) is 15.9 Å². The molecule has 2 atom stereocenters. The SMILES string of the molecule is COCCNCc1ccc2c(c1)OCC[C@H]2NC(=O)C[C@@H](NS(=O)(=O)c1ccc(Cl)c(Cl)c1)c1ccccc1. The summed E-state index contributed by atoms with van der Waals surface area (Å²) in [7, 11) is -2.34. The van der Waals surface area contributed by atoms with E-state index in [1.54, 1.807) is 31.4 Å². The highest BCUT2D eigenvalue weighted by Gasteiger charge is 2.27. The number of hydrogen-bond acceptors (Lipinski definition) is 6. The average molecular weight is 593 g/mol. The van der Waals surface area contributed by atoms with Crippen LogP contribution in [0.15, 0.2) is 71.6 Å². The van der Waals surface area contributed by atoms with Crippen LogP contribution in [-0.2, 0) is 26.1 Å².